The average Bonchev–Trinajstić information content (AvgIpc) is 2.38. The molecule has 0 saturated carbocycles. The monoisotopic (exact) mass is 406 g/mol. The van der Waals surface area contributed by atoms with Crippen LogP contribution in [0, 0.1) is 9.39 Å². The molecular weight excluding hydrogens is 394 g/mol. The Morgan fingerprint density at radius 1 is 1.30 bits per heavy atom. The van der Waals surface area contributed by atoms with Crippen LogP contribution in [0.2, 0.25) is 5.02 Å². The fourth-order valence-corrected chi connectivity index (χ4v) is 3.03. The zero-order valence-corrected chi connectivity index (χ0v) is 13.7. The molecule has 0 aliphatic rings. The van der Waals surface area contributed by atoms with Crippen molar-refractivity contribution in [3.05, 3.63) is 61.9 Å². The van der Waals surface area contributed by atoms with Crippen LogP contribution in [0.25, 0.3) is 0 Å². The van der Waals surface area contributed by atoms with Crippen molar-refractivity contribution in [2.75, 3.05) is 7.11 Å². The number of aliphatic hydroxyl groups excluding tert-OH is 1. The highest BCUT2D eigenvalue weighted by atomic mass is 127. The smallest absolute Gasteiger partial charge is 0.124 e. The maximum atomic E-state index is 13.1. The summed E-state index contributed by atoms with van der Waals surface area (Å²) in [6.07, 6.45) is -0.388. The van der Waals surface area contributed by atoms with Crippen LogP contribution in [0.4, 0.5) is 4.39 Å². The second-order valence-electron chi connectivity index (χ2n) is 4.34. The lowest BCUT2D eigenvalue weighted by atomic mass is 10.0. The molecule has 0 amide bonds. The van der Waals surface area contributed by atoms with Gasteiger partial charge < -0.3 is 9.84 Å². The number of methoxy groups -OCH3 is 1. The molecule has 2 nitrogen and oxygen atoms in total. The van der Waals surface area contributed by atoms with E-state index in [1.165, 1.54) is 12.1 Å². The lowest BCUT2D eigenvalue weighted by Gasteiger charge is -2.15. The maximum Gasteiger partial charge on any atom is 0.124 e. The molecule has 0 aromatic heterocycles. The molecule has 1 unspecified atom stereocenters. The molecule has 1 atom stereocenters. The average molecular weight is 407 g/mol. The van der Waals surface area contributed by atoms with E-state index in [1.54, 1.807) is 31.4 Å². The maximum absolute atomic E-state index is 13.1. The Morgan fingerprint density at radius 3 is 2.70 bits per heavy atom. The minimum absolute atomic E-state index is 0.314. The molecule has 0 fully saturated rings. The minimum atomic E-state index is -0.741. The third-order valence-electron chi connectivity index (χ3n) is 2.98. The number of hydrogen-bond acceptors (Lipinski definition) is 2. The fraction of sp³-hybridized carbons (Fsp3) is 0.200. The number of rotatable bonds is 4. The van der Waals surface area contributed by atoms with Crippen molar-refractivity contribution >= 4 is 34.2 Å². The molecule has 0 spiro atoms. The fourth-order valence-electron chi connectivity index (χ4n) is 2.00. The third-order valence-corrected chi connectivity index (χ3v) is 4.15. The van der Waals surface area contributed by atoms with E-state index in [9.17, 15) is 9.50 Å². The van der Waals surface area contributed by atoms with Crippen molar-refractivity contribution in [2.45, 2.75) is 12.5 Å². The molecule has 0 aliphatic heterocycles. The summed E-state index contributed by atoms with van der Waals surface area (Å²) in [5.41, 5.74) is 1.50. The summed E-state index contributed by atoms with van der Waals surface area (Å²) < 4.78 is 19.0. The summed E-state index contributed by atoms with van der Waals surface area (Å²) in [4.78, 5) is 0. The van der Waals surface area contributed by atoms with Gasteiger partial charge in [0.1, 0.15) is 11.6 Å². The van der Waals surface area contributed by atoms with Crippen molar-refractivity contribution in [1.29, 1.82) is 0 Å². The molecule has 0 heterocycles. The summed E-state index contributed by atoms with van der Waals surface area (Å²) >= 11 is 7.98. The number of aliphatic hydroxyl groups is 1. The molecule has 1 N–H and O–H groups in total. The van der Waals surface area contributed by atoms with Gasteiger partial charge in [0.15, 0.2) is 0 Å². The second kappa shape index (κ2) is 6.74. The predicted molar refractivity (Wildman–Crippen MR) is 85.8 cm³/mol. The molecule has 0 bridgehead atoms. The zero-order chi connectivity index (χ0) is 14.7. The number of hydrogen-bond donors (Lipinski definition) is 1. The summed E-state index contributed by atoms with van der Waals surface area (Å²) in [6.45, 7) is 0. The van der Waals surface area contributed by atoms with Crippen molar-refractivity contribution < 1.29 is 14.2 Å². The third kappa shape index (κ3) is 3.62. The van der Waals surface area contributed by atoms with Crippen LogP contribution >= 0.6 is 34.2 Å². The van der Waals surface area contributed by atoms with E-state index >= 15 is 0 Å². The van der Waals surface area contributed by atoms with E-state index in [0.29, 0.717) is 26.3 Å². The summed E-state index contributed by atoms with van der Waals surface area (Å²) in [5, 5.41) is 10.9. The lowest BCUT2D eigenvalue weighted by Crippen LogP contribution is -2.05. The van der Waals surface area contributed by atoms with Gasteiger partial charge in [-0.3, -0.25) is 0 Å². The summed E-state index contributed by atoms with van der Waals surface area (Å²) in [7, 11) is 1.57. The topological polar surface area (TPSA) is 29.5 Å². The first-order chi connectivity index (χ1) is 9.51. The molecular formula is C15H13ClFIO2. The van der Waals surface area contributed by atoms with Gasteiger partial charge in [-0.05, 0) is 64.0 Å². The first-order valence-electron chi connectivity index (χ1n) is 5.96. The number of halogens is 3. The molecule has 2 rings (SSSR count). The Bertz CT molecular complexity index is 619. The molecule has 20 heavy (non-hydrogen) atoms. The molecule has 106 valence electrons. The van der Waals surface area contributed by atoms with Crippen molar-refractivity contribution in [2.24, 2.45) is 0 Å². The quantitative estimate of drug-likeness (QED) is 0.764. The number of ether oxygens (including phenoxy) is 1. The highest BCUT2D eigenvalue weighted by Gasteiger charge is 2.15. The largest absolute Gasteiger partial charge is 0.496 e. The summed E-state index contributed by atoms with van der Waals surface area (Å²) in [5.74, 6) is 0.358. The van der Waals surface area contributed by atoms with Gasteiger partial charge in [0.05, 0.1) is 13.2 Å². The Hall–Kier alpha value is -0.850. The SMILES string of the molecule is COc1ccc(Cl)cc1CC(O)c1ccc(F)cc1I. The Balaban J connectivity index is 2.27. The van der Waals surface area contributed by atoms with E-state index in [-0.39, 0.29) is 5.82 Å². The van der Waals surface area contributed by atoms with Crippen molar-refractivity contribution in [3.8, 4) is 5.75 Å². The van der Waals surface area contributed by atoms with Gasteiger partial charge in [-0.15, -0.1) is 0 Å². The minimum Gasteiger partial charge on any atom is -0.496 e. The van der Waals surface area contributed by atoms with E-state index in [0.717, 1.165) is 5.56 Å². The standard InChI is InChI=1S/C15H13ClFIO2/c1-20-15-5-2-10(16)6-9(15)7-14(19)12-4-3-11(17)8-13(12)18/h2-6,8,14,19H,7H2,1H3. The van der Waals surface area contributed by atoms with Gasteiger partial charge in [-0.1, -0.05) is 17.7 Å². The van der Waals surface area contributed by atoms with Gasteiger partial charge in [0.25, 0.3) is 0 Å². The van der Waals surface area contributed by atoms with E-state index in [2.05, 4.69) is 0 Å². The zero-order valence-electron chi connectivity index (χ0n) is 10.7. The first kappa shape index (κ1) is 15.5. The van der Waals surface area contributed by atoms with Gasteiger partial charge >= 0.3 is 0 Å². The Labute approximate surface area is 135 Å². The Morgan fingerprint density at radius 2 is 2.05 bits per heavy atom. The van der Waals surface area contributed by atoms with Gasteiger partial charge in [-0.25, -0.2) is 4.39 Å². The van der Waals surface area contributed by atoms with Crippen LogP contribution < -0.4 is 4.74 Å². The van der Waals surface area contributed by atoms with E-state index in [4.69, 9.17) is 16.3 Å². The van der Waals surface area contributed by atoms with Crippen molar-refractivity contribution in [1.82, 2.24) is 0 Å². The van der Waals surface area contributed by atoms with E-state index in [1.807, 2.05) is 22.6 Å². The van der Waals surface area contributed by atoms with Crippen LogP contribution in [0.15, 0.2) is 36.4 Å². The molecule has 0 saturated heterocycles. The van der Waals surface area contributed by atoms with Crippen molar-refractivity contribution in [3.63, 3.8) is 0 Å². The highest BCUT2D eigenvalue weighted by molar-refractivity contribution is 14.1. The van der Waals surface area contributed by atoms with E-state index < -0.39 is 6.10 Å². The molecule has 2 aromatic rings. The Kier molecular flexibility index (Phi) is 5.23. The molecule has 0 aliphatic carbocycles. The first-order valence-corrected chi connectivity index (χ1v) is 7.42. The lowest BCUT2D eigenvalue weighted by molar-refractivity contribution is 0.176. The van der Waals surface area contributed by atoms with Crippen LogP contribution in [0.3, 0.4) is 0 Å². The van der Waals surface area contributed by atoms with Gasteiger partial charge in [0, 0.05) is 15.0 Å². The van der Waals surface area contributed by atoms with Gasteiger partial charge in [-0.2, -0.15) is 0 Å². The van der Waals surface area contributed by atoms with Gasteiger partial charge in [0.2, 0.25) is 0 Å². The van der Waals surface area contributed by atoms with Crippen LogP contribution in [-0.4, -0.2) is 12.2 Å². The molecule has 0 radical (unpaired) electrons. The van der Waals surface area contributed by atoms with Crippen LogP contribution in [-0.2, 0) is 6.42 Å². The highest BCUT2D eigenvalue weighted by Crippen LogP contribution is 2.29. The van der Waals surface area contributed by atoms with Crippen LogP contribution in [0.5, 0.6) is 5.75 Å². The second-order valence-corrected chi connectivity index (χ2v) is 5.94. The normalized spacial score (nSPS) is 12.2. The molecule has 2 aromatic carbocycles. The predicted octanol–water partition coefficient (Wildman–Crippen LogP) is 4.37. The molecule has 5 heteroatoms. The number of benzene rings is 2. The summed E-state index contributed by atoms with van der Waals surface area (Å²) in [6, 6.07) is 9.60. The van der Waals surface area contributed by atoms with Crippen LogP contribution in [0.1, 0.15) is 17.2 Å².